The van der Waals surface area contributed by atoms with E-state index in [1.165, 1.54) is 17.7 Å². The molecule has 0 saturated carbocycles. The van der Waals surface area contributed by atoms with E-state index < -0.39 is 0 Å². The largest absolute Gasteiger partial charge is 0.368 e. The van der Waals surface area contributed by atoms with Crippen LogP contribution in [0.1, 0.15) is 26.7 Å². The van der Waals surface area contributed by atoms with Crippen LogP contribution in [-0.2, 0) is 4.74 Å². The molecule has 1 aliphatic rings. The molecule has 0 aromatic carbocycles. The summed E-state index contributed by atoms with van der Waals surface area (Å²) in [6.07, 6.45) is 9.38. The van der Waals surface area contributed by atoms with Gasteiger partial charge < -0.3 is 4.74 Å². The van der Waals surface area contributed by atoms with Gasteiger partial charge in [-0.25, -0.2) is 0 Å². The number of ether oxygens (including phenoxy) is 1. The Morgan fingerprint density at radius 3 is 2.92 bits per heavy atom. The molecule has 0 radical (unpaired) electrons. The van der Waals surface area contributed by atoms with Crippen molar-refractivity contribution in [3.05, 3.63) is 23.1 Å². The first-order valence-electron chi connectivity index (χ1n) is 4.40. The van der Waals surface area contributed by atoms with Crippen molar-refractivity contribution in [3.63, 3.8) is 0 Å². The fraction of sp³-hybridized carbons (Fsp3) is 0.600. The van der Waals surface area contributed by atoms with Crippen LogP contribution in [0.5, 0.6) is 0 Å². The first-order chi connectivity index (χ1) is 5.79. The van der Waals surface area contributed by atoms with Gasteiger partial charge in [-0.2, -0.15) is 0 Å². The molecule has 0 heterocycles. The Balaban J connectivity index is 2.14. The second-order valence-electron chi connectivity index (χ2n) is 3.06. The smallest absolute Gasteiger partial charge is 0.0970 e. The molecule has 0 unspecified atom stereocenters. The summed E-state index contributed by atoms with van der Waals surface area (Å²) in [6, 6.07) is 0. The van der Waals surface area contributed by atoms with Crippen LogP contribution in [0.3, 0.4) is 0 Å². The van der Waals surface area contributed by atoms with Gasteiger partial charge in [0.05, 0.1) is 12.0 Å². The number of hydrogen-bond donors (Lipinski definition) is 0. The van der Waals surface area contributed by atoms with Gasteiger partial charge in [-0.15, -0.1) is 0 Å². The molecule has 12 heavy (non-hydrogen) atoms. The van der Waals surface area contributed by atoms with Crippen molar-refractivity contribution >= 4 is 11.8 Å². The maximum Gasteiger partial charge on any atom is 0.0970 e. The minimum Gasteiger partial charge on any atom is -0.368 e. The SMILES string of the molecule is CC(C)OCSC1=CCCC=C1. The minimum absolute atomic E-state index is 0.339. The van der Waals surface area contributed by atoms with Crippen LogP contribution >= 0.6 is 11.8 Å². The van der Waals surface area contributed by atoms with Gasteiger partial charge in [0.15, 0.2) is 0 Å². The molecule has 0 fully saturated rings. The van der Waals surface area contributed by atoms with Crippen LogP contribution in [0.15, 0.2) is 23.1 Å². The number of rotatable bonds is 4. The molecular formula is C10H16OS. The van der Waals surface area contributed by atoms with Gasteiger partial charge >= 0.3 is 0 Å². The van der Waals surface area contributed by atoms with E-state index >= 15 is 0 Å². The standard InChI is InChI=1S/C10H16OS/c1-9(2)11-8-12-10-6-4-3-5-7-10/h4,6-7,9H,3,5,8H2,1-2H3. The maximum absolute atomic E-state index is 5.43. The van der Waals surface area contributed by atoms with E-state index in [1.807, 2.05) is 0 Å². The highest BCUT2D eigenvalue weighted by Crippen LogP contribution is 2.22. The predicted octanol–water partition coefficient (Wildman–Crippen LogP) is 3.34. The van der Waals surface area contributed by atoms with Crippen molar-refractivity contribution in [1.29, 1.82) is 0 Å². The molecular weight excluding hydrogens is 168 g/mol. The van der Waals surface area contributed by atoms with Crippen molar-refractivity contribution in [2.24, 2.45) is 0 Å². The van der Waals surface area contributed by atoms with Gasteiger partial charge in [0, 0.05) is 4.91 Å². The summed E-state index contributed by atoms with van der Waals surface area (Å²) in [5, 5.41) is 0. The third-order valence-corrected chi connectivity index (χ3v) is 2.48. The van der Waals surface area contributed by atoms with E-state index in [1.54, 1.807) is 11.8 Å². The molecule has 0 atom stereocenters. The molecule has 0 N–H and O–H groups in total. The fourth-order valence-electron chi connectivity index (χ4n) is 0.935. The first kappa shape index (κ1) is 9.87. The summed E-state index contributed by atoms with van der Waals surface area (Å²) >= 11 is 1.78. The van der Waals surface area contributed by atoms with Crippen molar-refractivity contribution in [2.45, 2.75) is 32.8 Å². The number of hydrogen-bond acceptors (Lipinski definition) is 2. The van der Waals surface area contributed by atoms with Gasteiger partial charge in [0.2, 0.25) is 0 Å². The highest BCUT2D eigenvalue weighted by Gasteiger charge is 1.98. The quantitative estimate of drug-likeness (QED) is 0.620. The highest BCUT2D eigenvalue weighted by molar-refractivity contribution is 8.03. The third-order valence-electron chi connectivity index (χ3n) is 1.59. The average molecular weight is 184 g/mol. The molecule has 0 aromatic heterocycles. The summed E-state index contributed by atoms with van der Waals surface area (Å²) in [5.74, 6) is 0.772. The zero-order valence-electron chi connectivity index (χ0n) is 7.75. The van der Waals surface area contributed by atoms with Gasteiger partial charge in [-0.1, -0.05) is 30.0 Å². The van der Waals surface area contributed by atoms with E-state index in [4.69, 9.17) is 4.74 Å². The minimum atomic E-state index is 0.339. The zero-order chi connectivity index (χ0) is 8.81. The van der Waals surface area contributed by atoms with Crippen LogP contribution < -0.4 is 0 Å². The fourth-order valence-corrected chi connectivity index (χ4v) is 1.84. The van der Waals surface area contributed by atoms with Crippen molar-refractivity contribution in [2.75, 3.05) is 5.94 Å². The average Bonchev–Trinajstić information content (AvgIpc) is 2.05. The van der Waals surface area contributed by atoms with Gasteiger partial charge in [0.1, 0.15) is 0 Å². The van der Waals surface area contributed by atoms with E-state index in [2.05, 4.69) is 32.1 Å². The Labute approximate surface area is 78.9 Å². The second-order valence-corrected chi connectivity index (χ2v) is 4.06. The van der Waals surface area contributed by atoms with Crippen LogP contribution in [0.4, 0.5) is 0 Å². The van der Waals surface area contributed by atoms with E-state index in [0.29, 0.717) is 6.10 Å². The lowest BCUT2D eigenvalue weighted by molar-refractivity contribution is 0.120. The molecule has 0 amide bonds. The summed E-state index contributed by atoms with van der Waals surface area (Å²) in [5.41, 5.74) is 0. The molecule has 0 saturated heterocycles. The normalized spacial score (nSPS) is 16.8. The maximum atomic E-state index is 5.43. The molecule has 0 aliphatic heterocycles. The molecule has 0 spiro atoms. The van der Waals surface area contributed by atoms with Crippen molar-refractivity contribution in [3.8, 4) is 0 Å². The molecule has 2 heteroatoms. The Hall–Kier alpha value is -0.210. The molecule has 0 aromatic rings. The van der Waals surface area contributed by atoms with Crippen LogP contribution in [-0.4, -0.2) is 12.0 Å². The monoisotopic (exact) mass is 184 g/mol. The van der Waals surface area contributed by atoms with E-state index in [0.717, 1.165) is 5.94 Å². The molecule has 1 rings (SSSR count). The lowest BCUT2D eigenvalue weighted by Crippen LogP contribution is -2.01. The Bertz CT molecular complexity index is 182. The van der Waals surface area contributed by atoms with Crippen LogP contribution in [0.25, 0.3) is 0 Å². The van der Waals surface area contributed by atoms with Crippen molar-refractivity contribution < 1.29 is 4.74 Å². The lowest BCUT2D eigenvalue weighted by Gasteiger charge is -2.09. The second kappa shape index (κ2) is 5.44. The molecule has 1 nitrogen and oxygen atoms in total. The summed E-state index contributed by atoms with van der Waals surface area (Å²) in [6.45, 7) is 4.12. The third kappa shape index (κ3) is 3.98. The molecule has 0 bridgehead atoms. The highest BCUT2D eigenvalue weighted by atomic mass is 32.2. The number of thioether (sulfide) groups is 1. The topological polar surface area (TPSA) is 9.23 Å². The van der Waals surface area contributed by atoms with E-state index in [9.17, 15) is 0 Å². The summed E-state index contributed by atoms with van der Waals surface area (Å²) < 4.78 is 5.43. The molecule has 68 valence electrons. The van der Waals surface area contributed by atoms with Gasteiger partial charge in [-0.3, -0.25) is 0 Å². The van der Waals surface area contributed by atoms with E-state index in [-0.39, 0.29) is 0 Å². The Kier molecular flexibility index (Phi) is 4.48. The first-order valence-corrected chi connectivity index (χ1v) is 5.38. The van der Waals surface area contributed by atoms with Crippen molar-refractivity contribution in [1.82, 2.24) is 0 Å². The summed E-state index contributed by atoms with van der Waals surface area (Å²) in [4.78, 5) is 1.35. The van der Waals surface area contributed by atoms with Crippen LogP contribution in [0, 0.1) is 0 Å². The number of allylic oxidation sites excluding steroid dienone is 3. The Morgan fingerprint density at radius 2 is 2.33 bits per heavy atom. The zero-order valence-corrected chi connectivity index (χ0v) is 8.56. The predicted molar refractivity (Wildman–Crippen MR) is 55.1 cm³/mol. The lowest BCUT2D eigenvalue weighted by atomic mass is 10.2. The van der Waals surface area contributed by atoms with Gasteiger partial charge in [-0.05, 0) is 26.7 Å². The van der Waals surface area contributed by atoms with Gasteiger partial charge in [0.25, 0.3) is 0 Å². The molecule has 1 aliphatic carbocycles. The summed E-state index contributed by atoms with van der Waals surface area (Å²) in [7, 11) is 0. The Morgan fingerprint density at radius 1 is 1.50 bits per heavy atom. The van der Waals surface area contributed by atoms with Crippen LogP contribution in [0.2, 0.25) is 0 Å².